The molecule has 0 bridgehead atoms. The number of hydrogen-bond donors (Lipinski definition) is 7. The number of rotatable bonds is 20. The van der Waals surface area contributed by atoms with Gasteiger partial charge in [-0.15, -0.1) is 5.06 Å². The monoisotopic (exact) mass is 1130 g/mol. The highest BCUT2D eigenvalue weighted by atomic mass is 19.1. The molecule has 2 saturated heterocycles. The van der Waals surface area contributed by atoms with Gasteiger partial charge < -0.3 is 45.7 Å². The lowest BCUT2D eigenvalue weighted by atomic mass is 9.43. The third-order valence-corrected chi connectivity index (χ3v) is 17.8. The molecule has 10 atom stereocenters. The van der Waals surface area contributed by atoms with Crippen LogP contribution in [-0.4, -0.2) is 130 Å². The first-order valence-electron chi connectivity index (χ1n) is 27.2. The molecule has 6 aliphatic rings. The van der Waals surface area contributed by atoms with E-state index >= 15 is 8.78 Å². The van der Waals surface area contributed by atoms with Gasteiger partial charge in [-0.05, 0) is 127 Å². The summed E-state index contributed by atoms with van der Waals surface area (Å²) in [6.07, 6.45) is -1.44. The number of hydroxylamine groups is 2. The summed E-state index contributed by atoms with van der Waals surface area (Å²) in [6.45, 7) is 2.60. The lowest BCUT2D eigenvalue weighted by Crippen LogP contribution is -2.69. The Labute approximate surface area is 469 Å². The van der Waals surface area contributed by atoms with Gasteiger partial charge in [0.1, 0.15) is 25.4 Å². The largest absolute Gasteiger partial charge is 0.481 e. The molecule has 2 aliphatic heterocycles. The van der Waals surface area contributed by atoms with Gasteiger partial charge in [0.05, 0.1) is 24.5 Å². The fourth-order valence-corrected chi connectivity index (χ4v) is 13.7. The molecule has 5 fully saturated rings. The summed E-state index contributed by atoms with van der Waals surface area (Å²) in [5.41, 5.74) is -1.95. The number of carbonyl (C=O) groups excluding carboxylic acids is 9. The van der Waals surface area contributed by atoms with Crippen LogP contribution in [0.15, 0.2) is 96.6 Å². The minimum atomic E-state index is -2.28. The van der Waals surface area contributed by atoms with Crippen molar-refractivity contribution in [1.29, 1.82) is 0 Å². The number of alkyl halides is 2. The number of Topliss-reactive ketones (excluding diaryl/α,β-unsaturated/α-hetero) is 1. The van der Waals surface area contributed by atoms with E-state index in [0.29, 0.717) is 35.7 Å². The first-order chi connectivity index (χ1) is 39.0. The first kappa shape index (κ1) is 58.5. The maximum atomic E-state index is 17.9. The highest BCUT2D eigenvalue weighted by Crippen LogP contribution is 2.74. The molecule has 9 rings (SSSR count). The predicted molar refractivity (Wildman–Crippen MR) is 287 cm³/mol. The highest BCUT2D eigenvalue weighted by Gasteiger charge is 2.78. The number of imide groups is 1. The molecule has 2 heterocycles. The molecule has 0 radical (unpaired) electrons. The maximum Gasteiger partial charge on any atom is 0.411 e. The minimum absolute atomic E-state index is 0.0382. The summed E-state index contributed by atoms with van der Waals surface area (Å²) in [5.74, 6) is -8.48. The zero-order valence-corrected chi connectivity index (χ0v) is 45.1. The van der Waals surface area contributed by atoms with Crippen LogP contribution in [0.3, 0.4) is 0 Å². The molecule has 3 aromatic rings. The molecule has 3 aromatic carbocycles. The van der Waals surface area contributed by atoms with Crippen molar-refractivity contribution in [2.75, 3.05) is 41.8 Å². The van der Waals surface area contributed by atoms with E-state index in [0.717, 1.165) is 22.9 Å². The fourth-order valence-electron chi connectivity index (χ4n) is 13.7. The van der Waals surface area contributed by atoms with Crippen molar-refractivity contribution in [3.63, 3.8) is 0 Å². The highest BCUT2D eigenvalue weighted by molar-refractivity contribution is 6.02. The number of allylic oxidation sites excluding steroid dienone is 4. The van der Waals surface area contributed by atoms with Gasteiger partial charge in [0.25, 0.3) is 11.8 Å². The number of ketones is 2. The van der Waals surface area contributed by atoms with E-state index in [9.17, 15) is 63.3 Å². The maximum absolute atomic E-state index is 17.9. The van der Waals surface area contributed by atoms with Gasteiger partial charge >= 0.3 is 18.0 Å². The smallest absolute Gasteiger partial charge is 0.411 e. The van der Waals surface area contributed by atoms with Crippen molar-refractivity contribution < 1.29 is 81.6 Å². The topological polar surface area (TPSA) is 304 Å². The minimum Gasteiger partial charge on any atom is -0.481 e. The number of benzene rings is 3. The Bertz CT molecular complexity index is 3140. The van der Waals surface area contributed by atoms with Crippen molar-refractivity contribution in [3.05, 3.63) is 113 Å². The van der Waals surface area contributed by atoms with E-state index in [4.69, 9.17) is 9.57 Å². The summed E-state index contributed by atoms with van der Waals surface area (Å²) >= 11 is 0. The molecule has 6 amide bonds. The van der Waals surface area contributed by atoms with Crippen LogP contribution >= 0.6 is 0 Å². The number of hydrogen-bond acceptors (Lipinski definition) is 15. The second-order valence-corrected chi connectivity index (χ2v) is 22.5. The second-order valence-electron chi connectivity index (χ2n) is 22.5. The van der Waals surface area contributed by atoms with E-state index in [1.54, 1.807) is 37.3 Å². The Morgan fingerprint density at radius 1 is 0.829 bits per heavy atom. The number of aliphatic hydroxyl groups is 2. The molecule has 4 aliphatic carbocycles. The SMILES string of the molecule is C[C@]12C=CC(=O)C=C1[C@@H](F)C[C@H]1[C@@H]3C[C@H]4CN(c5ccc(Cc6cccc(NC(=O)OCc7ccc(NC(=O)[C@H](CCC(=O)O)NC(=O)CNC(=O)CCC(=O)ON8C(=O)CCC8=O)cc7)c6)cc5)C[C@@]4(C(=O)CO)[C@@]3(C)C[C@H](O)[C@@]12F. The van der Waals surface area contributed by atoms with Crippen molar-refractivity contribution >= 4 is 76.2 Å². The molecule has 21 nitrogen and oxygen atoms in total. The van der Waals surface area contributed by atoms with Crippen LogP contribution in [-0.2, 0) is 65.8 Å². The van der Waals surface area contributed by atoms with E-state index in [2.05, 4.69) is 26.2 Å². The Hall–Kier alpha value is -8.18. The first-order valence-corrected chi connectivity index (χ1v) is 27.2. The summed E-state index contributed by atoms with van der Waals surface area (Å²) in [7, 11) is 0. The number of fused-ring (bicyclic) bond motifs is 7. The number of halogens is 2. The van der Waals surface area contributed by atoms with Crippen molar-refractivity contribution in [3.8, 4) is 0 Å². The Balaban J connectivity index is 0.742. The van der Waals surface area contributed by atoms with Crippen LogP contribution in [0.4, 0.5) is 30.6 Å². The van der Waals surface area contributed by atoms with Gasteiger partial charge in [-0.2, -0.15) is 0 Å². The van der Waals surface area contributed by atoms with E-state index < -0.39 is 138 Å². The van der Waals surface area contributed by atoms with E-state index in [-0.39, 0.29) is 68.2 Å². The summed E-state index contributed by atoms with van der Waals surface area (Å²) in [4.78, 5) is 131. The molecule has 3 saturated carbocycles. The van der Waals surface area contributed by atoms with Gasteiger partial charge in [-0.3, -0.25) is 43.7 Å². The normalized spacial score (nSPS) is 28.1. The number of aliphatic hydroxyl groups excluding tert-OH is 2. The Morgan fingerprint density at radius 2 is 1.54 bits per heavy atom. The van der Waals surface area contributed by atoms with Crippen LogP contribution in [0, 0.1) is 34.0 Å². The average Bonchev–Trinajstić information content (AvgIpc) is 3.92. The third kappa shape index (κ3) is 11.3. The zero-order chi connectivity index (χ0) is 58.9. The van der Waals surface area contributed by atoms with Gasteiger partial charge in [-0.25, -0.2) is 18.4 Å². The van der Waals surface area contributed by atoms with Crippen LogP contribution in [0.1, 0.15) is 88.3 Å². The molecule has 0 aromatic heterocycles. The quantitative estimate of drug-likeness (QED) is 0.0753. The number of carboxylic acid groups (broad SMARTS) is 1. The van der Waals surface area contributed by atoms with Crippen LogP contribution in [0.25, 0.3) is 0 Å². The van der Waals surface area contributed by atoms with Crippen LogP contribution in [0.5, 0.6) is 0 Å². The standard InChI is InChI=1S/C59H64F2N6O15/c1-56-21-20-40(69)25-43(56)44(60)26-42-41-24-36-29-66(32-58(36,47(71)30-68)57(41,2)27-46(70)59(42,56)61)39-12-8-33(9-13-39)22-35-4-3-5-38(23-35)64-55(80)81-31-34-6-10-37(11-7-34)63-54(79)45(14-18-52(76)77)65-49(73)28-62-48(72)15-19-53(78)82-67-50(74)16-17-51(67)75/h3-13,20-21,23,25,36,41-42,44-46,68,70H,14-19,22,24,26-32H2,1-2H3,(H,62,72)(H,63,79)(H,64,80)(H,65,73)(H,76,77)/t36-,41-,42-,44-,45-,46-,56-,57-,58+,59-/m0/s1. The number of anilines is 3. The third-order valence-electron chi connectivity index (χ3n) is 17.8. The average molecular weight is 1140 g/mol. The van der Waals surface area contributed by atoms with Crippen LogP contribution in [0.2, 0.25) is 0 Å². The number of ether oxygens (including phenoxy) is 1. The molecule has 23 heteroatoms. The number of aliphatic carboxylic acids is 1. The zero-order valence-electron chi connectivity index (χ0n) is 45.1. The number of carboxylic acids is 1. The molecule has 434 valence electrons. The van der Waals surface area contributed by atoms with E-state index in [1.807, 2.05) is 37.3 Å². The molecule has 7 N–H and O–H groups in total. The Kier molecular flexibility index (Phi) is 16.7. The molecule has 0 unspecified atom stereocenters. The second kappa shape index (κ2) is 23.4. The van der Waals surface area contributed by atoms with Gasteiger partial charge in [-0.1, -0.05) is 49.4 Å². The Morgan fingerprint density at radius 3 is 2.23 bits per heavy atom. The summed E-state index contributed by atoms with van der Waals surface area (Å²) in [6, 6.07) is 19.9. The van der Waals surface area contributed by atoms with Crippen molar-refractivity contribution in [1.82, 2.24) is 15.7 Å². The number of nitrogens with zero attached hydrogens (tertiary/aromatic N) is 2. The van der Waals surface area contributed by atoms with Gasteiger partial charge in [0.15, 0.2) is 17.2 Å². The summed E-state index contributed by atoms with van der Waals surface area (Å²) in [5, 5.41) is 41.9. The molecular weight excluding hydrogens is 1070 g/mol. The number of carbonyl (C=O) groups is 10. The molecule has 0 spiro atoms. The van der Waals surface area contributed by atoms with Gasteiger partial charge in [0, 0.05) is 67.2 Å². The van der Waals surface area contributed by atoms with E-state index in [1.165, 1.54) is 24.3 Å². The number of nitrogens with one attached hydrogen (secondary N) is 4. The lowest BCUT2D eigenvalue weighted by Gasteiger charge is -2.63. The predicted octanol–water partition coefficient (Wildman–Crippen LogP) is 4.73. The molecule has 82 heavy (non-hydrogen) atoms. The van der Waals surface area contributed by atoms with Crippen molar-refractivity contribution in [2.45, 2.75) is 109 Å². The summed E-state index contributed by atoms with van der Waals surface area (Å²) < 4.78 is 39.4. The molecular formula is C59H64F2N6O15. The fraction of sp³-hybridized carbons (Fsp3) is 0.458. The van der Waals surface area contributed by atoms with Crippen molar-refractivity contribution in [2.24, 2.45) is 34.0 Å². The lowest BCUT2D eigenvalue weighted by molar-refractivity contribution is -0.210. The number of amides is 6. The van der Waals surface area contributed by atoms with Gasteiger partial charge in [0.2, 0.25) is 17.7 Å². The van der Waals surface area contributed by atoms with Crippen LogP contribution < -0.4 is 26.2 Å².